The van der Waals surface area contributed by atoms with Crippen LogP contribution in [0.25, 0.3) is 0 Å². The maximum atomic E-state index is 10.6. The van der Waals surface area contributed by atoms with Gasteiger partial charge in [0.05, 0.1) is 60.5 Å². The first-order chi connectivity index (χ1) is 25.4. The van der Waals surface area contributed by atoms with Crippen molar-refractivity contribution in [1.29, 1.82) is 0 Å². The van der Waals surface area contributed by atoms with Crippen molar-refractivity contribution in [2.45, 2.75) is 77.7 Å². The summed E-state index contributed by atoms with van der Waals surface area (Å²) >= 11 is 2.22. The van der Waals surface area contributed by atoms with Crippen molar-refractivity contribution in [1.82, 2.24) is 0 Å². The molecule has 0 spiro atoms. The van der Waals surface area contributed by atoms with Gasteiger partial charge in [0.1, 0.15) is 52.9 Å². The summed E-state index contributed by atoms with van der Waals surface area (Å²) in [6, 6.07) is 6.79. The van der Waals surface area contributed by atoms with Gasteiger partial charge in [-0.15, -0.1) is 0 Å². The van der Waals surface area contributed by atoms with Crippen molar-refractivity contribution >= 4 is 22.6 Å². The number of alkyl halides is 1. The van der Waals surface area contributed by atoms with Crippen LogP contribution in [0.15, 0.2) is 24.3 Å². The molecule has 0 amide bonds. The highest BCUT2D eigenvalue weighted by Crippen LogP contribution is 2.57. The lowest BCUT2D eigenvalue weighted by Gasteiger charge is -2.39. The Labute approximate surface area is 317 Å². The molecule has 6 rings (SSSR count). The Hall–Kier alpha value is -2.51. The molecule has 18 nitrogen and oxygen atoms in total. The van der Waals surface area contributed by atoms with E-state index in [1.54, 1.807) is 24.3 Å². The Morgan fingerprint density at radius 3 is 1.36 bits per heavy atom. The Morgan fingerprint density at radius 1 is 0.585 bits per heavy atom. The Bertz CT molecular complexity index is 1420. The lowest BCUT2D eigenvalue weighted by Crippen LogP contribution is -2.60. The third-order valence-corrected chi connectivity index (χ3v) is 11.2. The minimum atomic E-state index is -1.65. The van der Waals surface area contributed by atoms with Gasteiger partial charge in [-0.3, -0.25) is 0 Å². The quantitative estimate of drug-likeness (QED) is 0.0933. The third kappa shape index (κ3) is 7.44. The van der Waals surface area contributed by atoms with E-state index in [0.29, 0.717) is 17.7 Å². The van der Waals surface area contributed by atoms with E-state index < -0.39 is 86.8 Å². The van der Waals surface area contributed by atoms with Crippen LogP contribution in [0, 0.1) is 11.8 Å². The summed E-state index contributed by atoms with van der Waals surface area (Å²) < 4.78 is 58.1. The van der Waals surface area contributed by atoms with Crippen molar-refractivity contribution in [3.63, 3.8) is 0 Å². The van der Waals surface area contributed by atoms with Crippen LogP contribution in [-0.4, -0.2) is 155 Å². The van der Waals surface area contributed by atoms with Crippen molar-refractivity contribution in [3.05, 3.63) is 35.4 Å². The molecule has 19 heteroatoms. The van der Waals surface area contributed by atoms with Crippen LogP contribution < -0.4 is 28.4 Å². The summed E-state index contributed by atoms with van der Waals surface area (Å²) in [7, 11) is 5.66. The minimum absolute atomic E-state index is 0.0504. The predicted octanol–water partition coefficient (Wildman–Crippen LogP) is -1.09. The summed E-state index contributed by atoms with van der Waals surface area (Å²) in [5, 5.41) is 81.2. The fourth-order valence-corrected chi connectivity index (χ4v) is 8.41. The van der Waals surface area contributed by atoms with Crippen LogP contribution in [0.5, 0.6) is 34.5 Å². The second-order valence-corrected chi connectivity index (χ2v) is 14.3. The molecule has 5 unspecified atom stereocenters. The van der Waals surface area contributed by atoms with Crippen molar-refractivity contribution in [3.8, 4) is 34.5 Å². The minimum Gasteiger partial charge on any atom is -0.493 e. The SMILES string of the molecule is COc1cc(C2OC(I)C3C(c4cc(OC)c(O[C@@H]5O[C@H](CO)[C@@H](O)[C@H](O)[C@H]5O)c(OC)c4)OCC23)cc(OC)c1O[C@H]1O[C@@H](CO)[C@H](O)[C@@H](O)[C@@H]1O. The molecule has 0 aliphatic carbocycles. The second kappa shape index (κ2) is 16.7. The summed E-state index contributed by atoms with van der Waals surface area (Å²) in [5.74, 6) is 0.580. The van der Waals surface area contributed by atoms with Crippen LogP contribution in [0.1, 0.15) is 23.3 Å². The fraction of sp³-hybridized carbons (Fsp3) is 0.647. The first-order valence-electron chi connectivity index (χ1n) is 16.8. The van der Waals surface area contributed by atoms with Crippen LogP contribution >= 0.6 is 22.6 Å². The van der Waals surface area contributed by atoms with Gasteiger partial charge in [0.2, 0.25) is 24.1 Å². The zero-order chi connectivity index (χ0) is 38.3. The Morgan fingerprint density at radius 2 is 0.981 bits per heavy atom. The number of fused-ring (bicyclic) bond motifs is 1. The van der Waals surface area contributed by atoms with Crippen molar-refractivity contribution in [2.75, 3.05) is 48.3 Å². The van der Waals surface area contributed by atoms with Crippen LogP contribution in [0.4, 0.5) is 0 Å². The predicted molar refractivity (Wildman–Crippen MR) is 185 cm³/mol. The summed E-state index contributed by atoms with van der Waals surface area (Å²) in [4.78, 5) is 0. The number of hydrogen-bond acceptors (Lipinski definition) is 18. The largest absolute Gasteiger partial charge is 0.493 e. The molecular formula is C34H45IO18. The number of aliphatic hydroxyl groups is 8. The molecule has 296 valence electrons. The Kier molecular flexibility index (Phi) is 12.6. The molecule has 8 N–H and O–H groups in total. The summed E-state index contributed by atoms with van der Waals surface area (Å²) in [6.07, 6.45) is -16.0. The van der Waals surface area contributed by atoms with Gasteiger partial charge in [-0.05, 0) is 35.4 Å². The average Bonchev–Trinajstić information content (AvgIpc) is 3.75. The maximum absolute atomic E-state index is 10.6. The molecule has 0 radical (unpaired) electrons. The van der Waals surface area contributed by atoms with Gasteiger partial charge in [0.25, 0.3) is 0 Å². The normalized spacial score (nSPS) is 38.2. The molecule has 0 aromatic heterocycles. The Balaban J connectivity index is 1.24. The molecular weight excluding hydrogens is 823 g/mol. The lowest BCUT2D eigenvalue weighted by molar-refractivity contribution is -0.277. The van der Waals surface area contributed by atoms with E-state index >= 15 is 0 Å². The molecule has 53 heavy (non-hydrogen) atoms. The topological polar surface area (TPSA) is 254 Å². The number of rotatable bonds is 12. The van der Waals surface area contributed by atoms with E-state index in [9.17, 15) is 40.9 Å². The zero-order valence-corrected chi connectivity index (χ0v) is 31.3. The fourth-order valence-electron chi connectivity index (χ4n) is 7.18. The number of aliphatic hydroxyl groups excluding tert-OH is 8. The monoisotopic (exact) mass is 868 g/mol. The standard InChI is InChI=1S/C34H45IO18/c1-44-15-5-12(6-16(45-2)30(15)52-33-26(42)24(40)22(38)19(9-36)49-33)28-14-11-48-29(21(14)32(35)51-28)13-7-17(46-3)31(18(8-13)47-4)53-34-27(43)25(41)23(39)20(10-37)50-34/h5-8,14,19-29,32-34,36-43H,9-11H2,1-4H3/t14?,19-,20+,21?,22-,23+,24+,25-,26-,27+,28?,29?,32?,33+,34-/m0/s1. The zero-order valence-electron chi connectivity index (χ0n) is 29.1. The first kappa shape index (κ1) is 40.2. The maximum Gasteiger partial charge on any atom is 0.229 e. The molecule has 0 saturated carbocycles. The molecule has 4 saturated heterocycles. The van der Waals surface area contributed by atoms with Gasteiger partial charge < -0.3 is 88.2 Å². The van der Waals surface area contributed by atoms with E-state index in [2.05, 4.69) is 22.6 Å². The van der Waals surface area contributed by atoms with Gasteiger partial charge in [-0.1, -0.05) is 22.6 Å². The smallest absolute Gasteiger partial charge is 0.229 e. The number of methoxy groups -OCH3 is 4. The summed E-state index contributed by atoms with van der Waals surface area (Å²) in [6.45, 7) is -0.944. The molecule has 4 aliphatic heterocycles. The van der Waals surface area contributed by atoms with E-state index in [1.807, 2.05) is 0 Å². The molecule has 4 aliphatic rings. The molecule has 0 bridgehead atoms. The first-order valence-corrected chi connectivity index (χ1v) is 18.0. The second-order valence-electron chi connectivity index (χ2n) is 13.0. The highest BCUT2D eigenvalue weighted by atomic mass is 127. The van der Waals surface area contributed by atoms with Crippen LogP contribution in [0.3, 0.4) is 0 Å². The van der Waals surface area contributed by atoms with E-state index in [-0.39, 0.29) is 50.4 Å². The van der Waals surface area contributed by atoms with Crippen LogP contribution in [-0.2, 0) is 18.9 Å². The number of hydrogen-bond donors (Lipinski definition) is 8. The molecule has 15 atom stereocenters. The number of ether oxygens (including phenoxy) is 10. The average molecular weight is 869 g/mol. The molecule has 4 fully saturated rings. The van der Waals surface area contributed by atoms with Gasteiger partial charge in [-0.25, -0.2) is 0 Å². The number of benzene rings is 2. The highest BCUT2D eigenvalue weighted by Gasteiger charge is 2.54. The van der Waals surface area contributed by atoms with E-state index in [1.165, 1.54) is 28.4 Å². The summed E-state index contributed by atoms with van der Waals surface area (Å²) in [5.41, 5.74) is 1.36. The van der Waals surface area contributed by atoms with E-state index in [4.69, 9.17) is 47.4 Å². The lowest BCUT2D eigenvalue weighted by atomic mass is 9.84. The van der Waals surface area contributed by atoms with Gasteiger partial charge in [0.15, 0.2) is 23.0 Å². The highest BCUT2D eigenvalue weighted by molar-refractivity contribution is 14.1. The van der Waals surface area contributed by atoms with E-state index in [0.717, 1.165) is 0 Å². The van der Waals surface area contributed by atoms with Crippen molar-refractivity contribution in [2.24, 2.45) is 11.8 Å². The van der Waals surface area contributed by atoms with Gasteiger partial charge in [-0.2, -0.15) is 0 Å². The van der Waals surface area contributed by atoms with Gasteiger partial charge >= 0.3 is 0 Å². The van der Waals surface area contributed by atoms with Crippen LogP contribution in [0.2, 0.25) is 0 Å². The molecule has 2 aromatic carbocycles. The van der Waals surface area contributed by atoms with Crippen molar-refractivity contribution < 1.29 is 88.2 Å². The van der Waals surface area contributed by atoms with Gasteiger partial charge in [0, 0.05) is 11.8 Å². The molecule has 4 heterocycles. The number of halogens is 1. The third-order valence-electron chi connectivity index (χ3n) is 10.1. The molecule has 2 aromatic rings.